The Bertz CT molecular complexity index is 745. The van der Waals surface area contributed by atoms with E-state index in [0.29, 0.717) is 11.8 Å². The maximum absolute atomic E-state index is 5.73. The zero-order valence-corrected chi connectivity index (χ0v) is 17.2. The van der Waals surface area contributed by atoms with Crippen molar-refractivity contribution in [3.63, 3.8) is 0 Å². The molecule has 0 heterocycles. The van der Waals surface area contributed by atoms with E-state index in [-0.39, 0.29) is 0 Å². The zero-order chi connectivity index (χ0) is 19.6. The number of benzene rings is 2. The van der Waals surface area contributed by atoms with E-state index >= 15 is 0 Å². The van der Waals surface area contributed by atoms with E-state index in [9.17, 15) is 0 Å². The van der Waals surface area contributed by atoms with Crippen LogP contribution in [0, 0.1) is 13.8 Å². The molecule has 27 heavy (non-hydrogen) atoms. The van der Waals surface area contributed by atoms with Crippen molar-refractivity contribution in [1.29, 1.82) is 0 Å². The molecular formula is C23H30O4. The van der Waals surface area contributed by atoms with E-state index in [1.165, 1.54) is 17.5 Å². The van der Waals surface area contributed by atoms with Crippen molar-refractivity contribution in [1.82, 2.24) is 0 Å². The van der Waals surface area contributed by atoms with Crippen molar-refractivity contribution in [3.05, 3.63) is 46.5 Å². The van der Waals surface area contributed by atoms with Gasteiger partial charge in [-0.25, -0.2) is 0 Å². The maximum Gasteiger partial charge on any atom is 0.122 e. The minimum atomic E-state index is 0.357. The Morgan fingerprint density at radius 3 is 1.30 bits per heavy atom. The van der Waals surface area contributed by atoms with E-state index < -0.39 is 0 Å². The molecule has 4 heteroatoms. The monoisotopic (exact) mass is 370 g/mol. The van der Waals surface area contributed by atoms with Gasteiger partial charge in [-0.1, -0.05) is 6.42 Å². The first-order valence-electron chi connectivity index (χ1n) is 9.49. The summed E-state index contributed by atoms with van der Waals surface area (Å²) >= 11 is 0. The smallest absolute Gasteiger partial charge is 0.122 e. The van der Waals surface area contributed by atoms with E-state index in [2.05, 4.69) is 24.3 Å². The number of ether oxygens (including phenoxy) is 4. The maximum atomic E-state index is 5.73. The molecule has 0 spiro atoms. The molecule has 1 fully saturated rings. The summed E-state index contributed by atoms with van der Waals surface area (Å²) in [7, 11) is 6.92. The van der Waals surface area contributed by atoms with Crippen LogP contribution >= 0.6 is 0 Å². The number of hydrogen-bond donors (Lipinski definition) is 0. The second-order valence-corrected chi connectivity index (χ2v) is 7.27. The van der Waals surface area contributed by atoms with E-state index in [1.807, 2.05) is 13.8 Å². The molecule has 1 aliphatic rings. The molecule has 0 saturated heterocycles. The summed E-state index contributed by atoms with van der Waals surface area (Å²) in [5, 5.41) is 0. The molecule has 146 valence electrons. The van der Waals surface area contributed by atoms with Crippen molar-refractivity contribution < 1.29 is 18.9 Å². The average Bonchev–Trinajstić information content (AvgIpc) is 3.16. The van der Waals surface area contributed by atoms with Gasteiger partial charge in [0, 0.05) is 11.1 Å². The molecule has 0 radical (unpaired) electrons. The van der Waals surface area contributed by atoms with Gasteiger partial charge in [0.15, 0.2) is 0 Å². The first-order chi connectivity index (χ1) is 13.0. The summed E-state index contributed by atoms with van der Waals surface area (Å²) < 4.78 is 22.6. The fourth-order valence-corrected chi connectivity index (χ4v) is 4.43. The first kappa shape index (κ1) is 19.4. The summed E-state index contributed by atoms with van der Waals surface area (Å²) in [6.07, 6.45) is 3.41. The molecule has 0 aliphatic heterocycles. The van der Waals surface area contributed by atoms with Crippen LogP contribution in [-0.4, -0.2) is 28.4 Å². The van der Waals surface area contributed by atoms with Crippen LogP contribution in [0.25, 0.3) is 0 Å². The third-order valence-electron chi connectivity index (χ3n) is 5.81. The van der Waals surface area contributed by atoms with Crippen LogP contribution in [0.4, 0.5) is 0 Å². The molecule has 0 bridgehead atoms. The molecule has 2 unspecified atom stereocenters. The van der Waals surface area contributed by atoms with Gasteiger partial charge < -0.3 is 18.9 Å². The minimum absolute atomic E-state index is 0.357. The summed E-state index contributed by atoms with van der Waals surface area (Å²) in [6, 6.07) is 8.46. The lowest BCUT2D eigenvalue weighted by atomic mass is 9.82. The van der Waals surface area contributed by atoms with Crippen LogP contribution in [0.5, 0.6) is 23.0 Å². The molecule has 2 atom stereocenters. The molecule has 4 nitrogen and oxygen atoms in total. The van der Waals surface area contributed by atoms with Crippen molar-refractivity contribution >= 4 is 0 Å². The van der Waals surface area contributed by atoms with Crippen molar-refractivity contribution in [2.75, 3.05) is 28.4 Å². The SMILES string of the molecule is COc1cc(C2CCCC2c2cc(OC)c(C)cc2OC)c(OC)cc1C. The number of hydrogen-bond acceptors (Lipinski definition) is 4. The number of methoxy groups -OCH3 is 4. The average molecular weight is 370 g/mol. The first-order valence-corrected chi connectivity index (χ1v) is 9.49. The summed E-state index contributed by atoms with van der Waals surface area (Å²) in [4.78, 5) is 0. The second kappa shape index (κ2) is 8.12. The predicted molar refractivity (Wildman–Crippen MR) is 108 cm³/mol. The molecule has 1 saturated carbocycles. The third kappa shape index (κ3) is 3.58. The fourth-order valence-electron chi connectivity index (χ4n) is 4.43. The normalized spacial score (nSPS) is 19.0. The standard InChI is InChI=1S/C23H30O4/c1-14-10-22(26-5)18(12-20(14)24-3)16-8-7-9-17(16)19-13-21(25-4)15(2)11-23(19)27-6/h10-13,16-17H,7-9H2,1-6H3. The lowest BCUT2D eigenvalue weighted by molar-refractivity contribution is 0.384. The zero-order valence-electron chi connectivity index (χ0n) is 17.2. The molecule has 2 aromatic rings. The van der Waals surface area contributed by atoms with Crippen LogP contribution in [0.3, 0.4) is 0 Å². The van der Waals surface area contributed by atoms with Gasteiger partial charge in [-0.15, -0.1) is 0 Å². The highest BCUT2D eigenvalue weighted by Crippen LogP contribution is 2.52. The Morgan fingerprint density at radius 1 is 0.593 bits per heavy atom. The van der Waals surface area contributed by atoms with Crippen molar-refractivity contribution in [2.45, 2.75) is 44.9 Å². The lowest BCUT2D eigenvalue weighted by Gasteiger charge is -2.26. The van der Waals surface area contributed by atoms with Crippen LogP contribution in [0.2, 0.25) is 0 Å². The Kier molecular flexibility index (Phi) is 5.83. The Hall–Kier alpha value is -2.36. The van der Waals surface area contributed by atoms with Gasteiger partial charge in [-0.2, -0.15) is 0 Å². The second-order valence-electron chi connectivity index (χ2n) is 7.27. The molecule has 3 rings (SSSR count). The van der Waals surface area contributed by atoms with Crippen LogP contribution in [0.1, 0.15) is 53.4 Å². The molecule has 2 aromatic carbocycles. The van der Waals surface area contributed by atoms with E-state index in [0.717, 1.165) is 47.0 Å². The minimum Gasteiger partial charge on any atom is -0.496 e. The van der Waals surface area contributed by atoms with E-state index in [4.69, 9.17) is 18.9 Å². The Morgan fingerprint density at radius 2 is 0.963 bits per heavy atom. The topological polar surface area (TPSA) is 36.9 Å². The Balaban J connectivity index is 2.09. The summed E-state index contributed by atoms with van der Waals surface area (Å²) in [5.74, 6) is 4.40. The molecule has 1 aliphatic carbocycles. The van der Waals surface area contributed by atoms with Gasteiger partial charge in [-0.05, 0) is 73.9 Å². The molecule has 0 amide bonds. The van der Waals surface area contributed by atoms with Gasteiger partial charge in [0.2, 0.25) is 0 Å². The quantitative estimate of drug-likeness (QED) is 0.683. The predicted octanol–water partition coefficient (Wildman–Crippen LogP) is 5.39. The fraction of sp³-hybridized carbons (Fsp3) is 0.478. The highest BCUT2D eigenvalue weighted by molar-refractivity contribution is 5.52. The van der Waals surface area contributed by atoms with Crippen molar-refractivity contribution in [2.24, 2.45) is 0 Å². The van der Waals surface area contributed by atoms with Gasteiger partial charge in [0.05, 0.1) is 28.4 Å². The van der Waals surface area contributed by atoms with Crippen LogP contribution < -0.4 is 18.9 Å². The van der Waals surface area contributed by atoms with Crippen LogP contribution in [-0.2, 0) is 0 Å². The molecule has 0 N–H and O–H groups in total. The van der Waals surface area contributed by atoms with Gasteiger partial charge in [-0.3, -0.25) is 0 Å². The van der Waals surface area contributed by atoms with Gasteiger partial charge >= 0.3 is 0 Å². The highest BCUT2D eigenvalue weighted by Gasteiger charge is 2.34. The largest absolute Gasteiger partial charge is 0.496 e. The van der Waals surface area contributed by atoms with Gasteiger partial charge in [0.1, 0.15) is 23.0 Å². The Labute approximate surface area is 162 Å². The lowest BCUT2D eigenvalue weighted by Crippen LogP contribution is -2.09. The highest BCUT2D eigenvalue weighted by atomic mass is 16.5. The van der Waals surface area contributed by atoms with Crippen LogP contribution in [0.15, 0.2) is 24.3 Å². The summed E-state index contributed by atoms with van der Waals surface area (Å²) in [6.45, 7) is 4.09. The van der Waals surface area contributed by atoms with Crippen molar-refractivity contribution in [3.8, 4) is 23.0 Å². The molecular weight excluding hydrogens is 340 g/mol. The van der Waals surface area contributed by atoms with E-state index in [1.54, 1.807) is 28.4 Å². The number of rotatable bonds is 6. The van der Waals surface area contributed by atoms with Gasteiger partial charge in [0.25, 0.3) is 0 Å². The number of aryl methyl sites for hydroxylation is 2. The summed E-state index contributed by atoms with van der Waals surface area (Å²) in [5.41, 5.74) is 4.59. The molecule has 0 aromatic heterocycles. The third-order valence-corrected chi connectivity index (χ3v) is 5.81.